The van der Waals surface area contributed by atoms with Crippen molar-refractivity contribution in [2.24, 2.45) is 0 Å². The van der Waals surface area contributed by atoms with Gasteiger partial charge in [-0.3, -0.25) is 10.1 Å². The van der Waals surface area contributed by atoms with Crippen molar-refractivity contribution in [2.45, 2.75) is 18.9 Å². The Balaban J connectivity index is 2.11. The molecule has 21 heavy (non-hydrogen) atoms. The van der Waals surface area contributed by atoms with Crippen molar-refractivity contribution in [3.05, 3.63) is 50.6 Å². The van der Waals surface area contributed by atoms with Crippen LogP contribution in [-0.4, -0.2) is 20.6 Å². The predicted molar refractivity (Wildman–Crippen MR) is 79.5 cm³/mol. The fourth-order valence-corrected chi connectivity index (χ4v) is 2.92. The van der Waals surface area contributed by atoms with E-state index >= 15 is 0 Å². The van der Waals surface area contributed by atoms with Gasteiger partial charge in [0.05, 0.1) is 9.40 Å². The third kappa shape index (κ3) is 2.44. The number of nitro groups is 1. The lowest BCUT2D eigenvalue weighted by molar-refractivity contribution is -0.385. The van der Waals surface area contributed by atoms with E-state index in [0.29, 0.717) is 4.47 Å². The summed E-state index contributed by atoms with van der Waals surface area (Å²) in [5, 5.41) is 20.1. The second-order valence-corrected chi connectivity index (χ2v) is 5.79. The number of hydrogen-bond donors (Lipinski definition) is 1. The number of rotatable bonds is 4. The van der Waals surface area contributed by atoms with E-state index in [1.165, 1.54) is 6.07 Å². The van der Waals surface area contributed by atoms with E-state index in [1.807, 2.05) is 0 Å². The number of nitro benzene ring substituents is 1. The van der Waals surface area contributed by atoms with Crippen LogP contribution in [0.3, 0.4) is 0 Å². The zero-order chi connectivity index (χ0) is 15.1. The van der Waals surface area contributed by atoms with E-state index in [1.54, 1.807) is 28.8 Å². The Morgan fingerprint density at radius 3 is 2.57 bits per heavy atom. The SMILES string of the molecule is O=C(O)c1ccc(-c2ccc([N+](=O)[O-])c(Br)c2)n1C1CC1. The first-order chi connectivity index (χ1) is 9.99. The molecular weight excluding hydrogens is 340 g/mol. The van der Waals surface area contributed by atoms with E-state index in [-0.39, 0.29) is 17.4 Å². The van der Waals surface area contributed by atoms with E-state index in [4.69, 9.17) is 0 Å². The largest absolute Gasteiger partial charge is 0.477 e. The van der Waals surface area contributed by atoms with Crippen LogP contribution in [-0.2, 0) is 0 Å². The molecule has 1 N–H and O–H groups in total. The van der Waals surface area contributed by atoms with Crippen LogP contribution in [0.1, 0.15) is 29.4 Å². The molecule has 1 aliphatic carbocycles. The molecule has 0 bridgehead atoms. The Morgan fingerprint density at radius 2 is 2.05 bits per heavy atom. The van der Waals surface area contributed by atoms with Gasteiger partial charge in [-0.1, -0.05) is 0 Å². The highest BCUT2D eigenvalue weighted by Crippen LogP contribution is 2.41. The first-order valence-electron chi connectivity index (χ1n) is 6.38. The maximum atomic E-state index is 11.3. The molecule has 1 aromatic carbocycles. The third-order valence-electron chi connectivity index (χ3n) is 3.49. The summed E-state index contributed by atoms with van der Waals surface area (Å²) in [7, 11) is 0. The molecule has 1 heterocycles. The van der Waals surface area contributed by atoms with Gasteiger partial charge in [0.2, 0.25) is 0 Å². The second-order valence-electron chi connectivity index (χ2n) is 4.93. The number of hydrogen-bond acceptors (Lipinski definition) is 3. The predicted octanol–water partition coefficient (Wildman–Crippen LogP) is 3.86. The third-order valence-corrected chi connectivity index (χ3v) is 4.12. The Labute approximate surface area is 128 Å². The summed E-state index contributed by atoms with van der Waals surface area (Å²) in [4.78, 5) is 21.7. The Bertz CT molecular complexity index is 749. The van der Waals surface area contributed by atoms with E-state index in [2.05, 4.69) is 15.9 Å². The zero-order valence-corrected chi connectivity index (χ0v) is 12.4. The molecule has 0 aliphatic heterocycles. The van der Waals surface area contributed by atoms with Crippen molar-refractivity contribution in [1.82, 2.24) is 4.57 Å². The first kappa shape index (κ1) is 13.8. The van der Waals surface area contributed by atoms with Gasteiger partial charge in [0.15, 0.2) is 0 Å². The molecule has 1 saturated carbocycles. The highest BCUT2D eigenvalue weighted by atomic mass is 79.9. The molecule has 0 amide bonds. The number of benzene rings is 1. The summed E-state index contributed by atoms with van der Waals surface area (Å²) in [5.41, 5.74) is 1.76. The van der Waals surface area contributed by atoms with E-state index in [9.17, 15) is 20.0 Å². The number of carboxylic acids is 1. The quantitative estimate of drug-likeness (QED) is 0.670. The summed E-state index contributed by atoms with van der Waals surface area (Å²) in [5.74, 6) is -0.964. The molecule has 1 aromatic heterocycles. The standard InChI is InChI=1S/C14H11BrN2O4/c15-10-7-8(1-4-12(10)17(20)21)11-5-6-13(14(18)19)16(11)9-2-3-9/h1,4-7,9H,2-3H2,(H,18,19). The van der Waals surface area contributed by atoms with Crippen LogP contribution in [0.25, 0.3) is 11.3 Å². The molecule has 0 atom stereocenters. The lowest BCUT2D eigenvalue weighted by Crippen LogP contribution is -2.08. The van der Waals surface area contributed by atoms with Crippen molar-refractivity contribution in [2.75, 3.05) is 0 Å². The maximum absolute atomic E-state index is 11.3. The molecule has 0 unspecified atom stereocenters. The second kappa shape index (κ2) is 5.00. The van der Waals surface area contributed by atoms with Crippen LogP contribution in [0.5, 0.6) is 0 Å². The molecule has 0 spiro atoms. The van der Waals surface area contributed by atoms with Gasteiger partial charge < -0.3 is 9.67 Å². The molecule has 2 aromatic rings. The minimum absolute atomic E-state index is 0.0123. The molecule has 1 fully saturated rings. The van der Waals surface area contributed by atoms with Gasteiger partial charge in [-0.2, -0.15) is 0 Å². The van der Waals surface area contributed by atoms with Gasteiger partial charge in [0.1, 0.15) is 5.69 Å². The number of halogens is 1. The van der Waals surface area contributed by atoms with Gasteiger partial charge in [-0.05, 0) is 58.6 Å². The molecule has 6 nitrogen and oxygen atoms in total. The number of aromatic nitrogens is 1. The summed E-state index contributed by atoms with van der Waals surface area (Å²) in [6.45, 7) is 0. The fourth-order valence-electron chi connectivity index (χ4n) is 2.40. The topological polar surface area (TPSA) is 85.4 Å². The Morgan fingerprint density at radius 1 is 1.33 bits per heavy atom. The summed E-state index contributed by atoms with van der Waals surface area (Å²) < 4.78 is 2.18. The van der Waals surface area contributed by atoms with Crippen LogP contribution in [0, 0.1) is 10.1 Å². The lowest BCUT2D eigenvalue weighted by Gasteiger charge is -2.11. The molecule has 3 rings (SSSR count). The summed E-state index contributed by atoms with van der Waals surface area (Å²) in [6.07, 6.45) is 1.91. The minimum atomic E-state index is -0.964. The zero-order valence-electron chi connectivity index (χ0n) is 10.8. The van der Waals surface area contributed by atoms with Gasteiger partial charge in [0.25, 0.3) is 5.69 Å². The van der Waals surface area contributed by atoms with Crippen molar-refractivity contribution < 1.29 is 14.8 Å². The average molecular weight is 351 g/mol. The number of carboxylic acid groups (broad SMARTS) is 1. The molecule has 7 heteroatoms. The highest BCUT2D eigenvalue weighted by Gasteiger charge is 2.30. The monoisotopic (exact) mass is 350 g/mol. The van der Waals surface area contributed by atoms with Crippen molar-refractivity contribution in [1.29, 1.82) is 0 Å². The smallest absolute Gasteiger partial charge is 0.352 e. The highest BCUT2D eigenvalue weighted by molar-refractivity contribution is 9.10. The molecule has 108 valence electrons. The molecule has 1 aliphatic rings. The molecular formula is C14H11BrN2O4. The Hall–Kier alpha value is -2.15. The summed E-state index contributed by atoms with van der Waals surface area (Å²) in [6, 6.07) is 8.24. The molecule has 0 radical (unpaired) electrons. The fraction of sp³-hybridized carbons (Fsp3) is 0.214. The number of carbonyl (C=O) groups is 1. The van der Waals surface area contributed by atoms with Gasteiger partial charge in [-0.25, -0.2) is 4.79 Å². The lowest BCUT2D eigenvalue weighted by atomic mass is 10.1. The minimum Gasteiger partial charge on any atom is -0.477 e. The number of nitrogens with zero attached hydrogens (tertiary/aromatic N) is 2. The van der Waals surface area contributed by atoms with Crippen LogP contribution in [0.4, 0.5) is 5.69 Å². The van der Waals surface area contributed by atoms with E-state index in [0.717, 1.165) is 24.1 Å². The normalized spacial score (nSPS) is 14.1. The maximum Gasteiger partial charge on any atom is 0.352 e. The van der Waals surface area contributed by atoms with Crippen LogP contribution >= 0.6 is 15.9 Å². The van der Waals surface area contributed by atoms with Crippen molar-refractivity contribution >= 4 is 27.6 Å². The number of aromatic carboxylic acids is 1. The van der Waals surface area contributed by atoms with Crippen LogP contribution in [0.2, 0.25) is 0 Å². The van der Waals surface area contributed by atoms with Gasteiger partial charge >= 0.3 is 5.97 Å². The van der Waals surface area contributed by atoms with Gasteiger partial charge in [0, 0.05) is 17.8 Å². The van der Waals surface area contributed by atoms with E-state index < -0.39 is 10.9 Å². The Kier molecular flexibility index (Phi) is 3.29. The van der Waals surface area contributed by atoms with Crippen molar-refractivity contribution in [3.63, 3.8) is 0 Å². The van der Waals surface area contributed by atoms with Crippen molar-refractivity contribution in [3.8, 4) is 11.3 Å². The summed E-state index contributed by atoms with van der Waals surface area (Å²) >= 11 is 3.19. The van der Waals surface area contributed by atoms with Crippen LogP contribution < -0.4 is 0 Å². The molecule has 0 saturated heterocycles. The average Bonchev–Trinajstić information content (AvgIpc) is 3.16. The first-order valence-corrected chi connectivity index (χ1v) is 7.17. The van der Waals surface area contributed by atoms with Gasteiger partial charge in [-0.15, -0.1) is 0 Å². The van der Waals surface area contributed by atoms with Crippen LogP contribution in [0.15, 0.2) is 34.8 Å².